The number of carbonyl (C=O) groups excluding carboxylic acids is 2. The van der Waals surface area contributed by atoms with Crippen molar-refractivity contribution in [2.75, 3.05) is 0 Å². The fourth-order valence-corrected chi connectivity index (χ4v) is 4.37. The Hall–Kier alpha value is -1.16. The molecule has 0 aromatic carbocycles. The van der Waals surface area contributed by atoms with E-state index in [1.807, 2.05) is 6.92 Å². The summed E-state index contributed by atoms with van der Waals surface area (Å²) < 4.78 is 5.47. The highest BCUT2D eigenvalue weighted by atomic mass is 16.6. The quantitative estimate of drug-likeness (QED) is 0.675. The van der Waals surface area contributed by atoms with Gasteiger partial charge in [-0.3, -0.25) is 4.79 Å². The maximum absolute atomic E-state index is 12.4. The van der Waals surface area contributed by atoms with Crippen LogP contribution in [0.25, 0.3) is 0 Å². The first kappa shape index (κ1) is 12.9. The Kier molecular flexibility index (Phi) is 2.65. The van der Waals surface area contributed by atoms with Crippen molar-refractivity contribution in [1.29, 1.82) is 0 Å². The van der Waals surface area contributed by atoms with Gasteiger partial charge in [0.25, 0.3) is 0 Å². The van der Waals surface area contributed by atoms with Gasteiger partial charge in [0.05, 0.1) is 11.5 Å². The third-order valence-electron chi connectivity index (χ3n) is 5.49. The molecule has 1 N–H and O–H groups in total. The molecular weight excluding hydrogens is 244 g/mol. The van der Waals surface area contributed by atoms with E-state index >= 15 is 0 Å². The minimum absolute atomic E-state index is 0.170. The molecule has 1 aliphatic heterocycles. The summed E-state index contributed by atoms with van der Waals surface area (Å²) in [5.74, 6) is 0.239. The summed E-state index contributed by atoms with van der Waals surface area (Å²) in [6.45, 7) is 5.69. The van der Waals surface area contributed by atoms with E-state index in [9.17, 15) is 14.7 Å². The SMILES string of the molecule is CC1=C2[C@@H](OC1=O)[C@]1(C)C(=O)CC[C@H]1[C@@H](C)C[C@@H]2O. The molecule has 2 fully saturated rings. The van der Waals surface area contributed by atoms with Crippen LogP contribution in [0, 0.1) is 17.3 Å². The second kappa shape index (κ2) is 3.92. The average molecular weight is 264 g/mol. The van der Waals surface area contributed by atoms with E-state index < -0.39 is 17.6 Å². The molecule has 0 amide bonds. The number of aliphatic hydroxyl groups excluding tert-OH is 1. The summed E-state index contributed by atoms with van der Waals surface area (Å²) in [6.07, 6.45) is 0.778. The van der Waals surface area contributed by atoms with E-state index in [4.69, 9.17) is 4.74 Å². The Morgan fingerprint density at radius 1 is 1.37 bits per heavy atom. The van der Waals surface area contributed by atoms with Gasteiger partial charge in [-0.2, -0.15) is 0 Å². The van der Waals surface area contributed by atoms with Crippen molar-refractivity contribution in [2.45, 2.75) is 52.2 Å². The van der Waals surface area contributed by atoms with Gasteiger partial charge in [-0.1, -0.05) is 6.92 Å². The van der Waals surface area contributed by atoms with Crippen LogP contribution in [-0.2, 0) is 14.3 Å². The molecule has 2 saturated carbocycles. The smallest absolute Gasteiger partial charge is 0.334 e. The number of hydrogen-bond acceptors (Lipinski definition) is 4. The molecule has 0 radical (unpaired) electrons. The summed E-state index contributed by atoms with van der Waals surface area (Å²) in [5.41, 5.74) is 0.489. The lowest BCUT2D eigenvalue weighted by atomic mass is 9.69. The van der Waals surface area contributed by atoms with Gasteiger partial charge in [-0.15, -0.1) is 0 Å². The first-order valence-corrected chi connectivity index (χ1v) is 7.00. The molecule has 4 nitrogen and oxygen atoms in total. The third-order valence-corrected chi connectivity index (χ3v) is 5.49. The third kappa shape index (κ3) is 1.49. The van der Waals surface area contributed by atoms with E-state index in [-0.39, 0.29) is 23.6 Å². The fourth-order valence-electron chi connectivity index (χ4n) is 4.37. The van der Waals surface area contributed by atoms with E-state index in [0.29, 0.717) is 24.0 Å². The normalized spacial score (nSPS) is 45.9. The van der Waals surface area contributed by atoms with Crippen LogP contribution in [0.5, 0.6) is 0 Å². The molecular formula is C15H20O4. The number of Topliss-reactive ketones (excluding diaryl/α,β-unsaturated/α-hetero) is 1. The van der Waals surface area contributed by atoms with Crippen molar-refractivity contribution in [1.82, 2.24) is 0 Å². The van der Waals surface area contributed by atoms with Crippen molar-refractivity contribution in [3.63, 3.8) is 0 Å². The van der Waals surface area contributed by atoms with Crippen molar-refractivity contribution >= 4 is 11.8 Å². The molecule has 0 aromatic heterocycles. The molecule has 2 aliphatic carbocycles. The Bertz CT molecular complexity index is 492. The second-order valence-corrected chi connectivity index (χ2v) is 6.45. The number of aliphatic hydroxyl groups is 1. The Labute approximate surface area is 112 Å². The molecule has 0 spiro atoms. The molecule has 19 heavy (non-hydrogen) atoms. The Morgan fingerprint density at radius 3 is 2.74 bits per heavy atom. The number of carbonyl (C=O) groups is 2. The maximum atomic E-state index is 12.4. The van der Waals surface area contributed by atoms with Gasteiger partial charge in [-0.25, -0.2) is 4.79 Å². The Balaban J connectivity index is 2.16. The topological polar surface area (TPSA) is 63.6 Å². The van der Waals surface area contributed by atoms with Crippen LogP contribution in [0.1, 0.15) is 40.0 Å². The van der Waals surface area contributed by atoms with Gasteiger partial charge in [0, 0.05) is 17.6 Å². The van der Waals surface area contributed by atoms with Crippen LogP contribution < -0.4 is 0 Å². The average Bonchev–Trinajstić information content (AvgIpc) is 2.78. The highest BCUT2D eigenvalue weighted by Gasteiger charge is 2.60. The molecule has 3 rings (SSSR count). The number of ketones is 1. The Morgan fingerprint density at radius 2 is 2.05 bits per heavy atom. The first-order chi connectivity index (χ1) is 8.87. The molecule has 0 unspecified atom stereocenters. The lowest BCUT2D eigenvalue weighted by Crippen LogP contribution is -2.43. The van der Waals surface area contributed by atoms with Crippen LogP contribution in [0.4, 0.5) is 0 Å². The van der Waals surface area contributed by atoms with E-state index in [1.165, 1.54) is 0 Å². The molecule has 0 aromatic rings. The van der Waals surface area contributed by atoms with Gasteiger partial charge in [0.2, 0.25) is 0 Å². The number of fused-ring (bicyclic) bond motifs is 3. The zero-order valence-electron chi connectivity index (χ0n) is 11.6. The summed E-state index contributed by atoms with van der Waals surface area (Å²) >= 11 is 0. The van der Waals surface area contributed by atoms with Gasteiger partial charge >= 0.3 is 5.97 Å². The molecule has 104 valence electrons. The van der Waals surface area contributed by atoms with Gasteiger partial charge in [0.1, 0.15) is 11.9 Å². The zero-order chi connectivity index (χ0) is 13.9. The van der Waals surface area contributed by atoms with Gasteiger partial charge in [0.15, 0.2) is 0 Å². The molecule has 4 heteroatoms. The fraction of sp³-hybridized carbons (Fsp3) is 0.733. The number of esters is 1. The number of hydrogen-bond donors (Lipinski definition) is 1. The minimum atomic E-state index is -0.665. The molecule has 5 atom stereocenters. The summed E-state index contributed by atoms with van der Waals surface area (Å²) in [7, 11) is 0. The predicted molar refractivity (Wildman–Crippen MR) is 68.2 cm³/mol. The minimum Gasteiger partial charge on any atom is -0.453 e. The van der Waals surface area contributed by atoms with Crippen LogP contribution in [0.3, 0.4) is 0 Å². The maximum Gasteiger partial charge on any atom is 0.334 e. The lowest BCUT2D eigenvalue weighted by Gasteiger charge is -2.35. The molecule has 1 heterocycles. The predicted octanol–water partition coefficient (Wildman–Crippen LogP) is 1.61. The summed E-state index contributed by atoms with van der Waals surface area (Å²) in [4.78, 5) is 24.2. The van der Waals surface area contributed by atoms with Crippen LogP contribution in [-0.4, -0.2) is 29.1 Å². The monoisotopic (exact) mass is 264 g/mol. The summed E-state index contributed by atoms with van der Waals surface area (Å²) in [6, 6.07) is 0. The van der Waals surface area contributed by atoms with E-state index in [0.717, 1.165) is 6.42 Å². The van der Waals surface area contributed by atoms with Crippen molar-refractivity contribution in [3.05, 3.63) is 11.1 Å². The number of ether oxygens (including phenoxy) is 1. The van der Waals surface area contributed by atoms with Crippen LogP contribution in [0.2, 0.25) is 0 Å². The number of rotatable bonds is 0. The first-order valence-electron chi connectivity index (χ1n) is 7.00. The second-order valence-electron chi connectivity index (χ2n) is 6.45. The van der Waals surface area contributed by atoms with Crippen LogP contribution in [0.15, 0.2) is 11.1 Å². The largest absolute Gasteiger partial charge is 0.453 e. The molecule has 0 saturated heterocycles. The summed E-state index contributed by atoms with van der Waals surface area (Å²) in [5, 5.41) is 10.4. The van der Waals surface area contributed by atoms with Gasteiger partial charge < -0.3 is 9.84 Å². The molecule has 0 bridgehead atoms. The van der Waals surface area contributed by atoms with E-state index in [1.54, 1.807) is 6.92 Å². The van der Waals surface area contributed by atoms with Gasteiger partial charge in [-0.05, 0) is 38.5 Å². The standard InChI is InChI=1S/C15H20O4/c1-7-6-10(16)12-8(2)14(18)19-13(12)15(3)9(7)4-5-11(15)17/h7,9-10,13,16H,4-6H2,1-3H3/t7-,9-,10-,13+,15-/m0/s1. The highest BCUT2D eigenvalue weighted by molar-refractivity contribution is 5.95. The lowest BCUT2D eigenvalue weighted by molar-refractivity contribution is -0.150. The van der Waals surface area contributed by atoms with Crippen molar-refractivity contribution < 1.29 is 19.4 Å². The van der Waals surface area contributed by atoms with Crippen molar-refractivity contribution in [2.24, 2.45) is 17.3 Å². The zero-order valence-corrected chi connectivity index (χ0v) is 11.6. The highest BCUT2D eigenvalue weighted by Crippen LogP contribution is 2.55. The van der Waals surface area contributed by atoms with E-state index in [2.05, 4.69) is 6.92 Å². The molecule has 3 aliphatic rings. The van der Waals surface area contributed by atoms with Crippen LogP contribution >= 0.6 is 0 Å². The van der Waals surface area contributed by atoms with Crippen molar-refractivity contribution in [3.8, 4) is 0 Å².